The molecule has 2 aromatic carbocycles. The average Bonchev–Trinajstić information content (AvgIpc) is 2.53. The van der Waals surface area contributed by atoms with Crippen LogP contribution in [-0.2, 0) is 9.84 Å². The number of rotatable bonds is 4. The minimum absolute atomic E-state index is 0.0502. The van der Waals surface area contributed by atoms with E-state index in [-0.39, 0.29) is 16.2 Å². The summed E-state index contributed by atoms with van der Waals surface area (Å²) >= 11 is 0. The first kappa shape index (κ1) is 16.2. The number of methoxy groups -OCH3 is 1. The van der Waals surface area contributed by atoms with Gasteiger partial charge in [-0.1, -0.05) is 29.8 Å². The van der Waals surface area contributed by atoms with Crippen molar-refractivity contribution < 1.29 is 21.9 Å². The highest BCUT2D eigenvalue weighted by Gasteiger charge is 2.27. The highest BCUT2D eigenvalue weighted by Crippen LogP contribution is 2.33. The molecule has 0 bridgehead atoms. The van der Waals surface area contributed by atoms with Gasteiger partial charge in [-0.25, -0.2) is 12.8 Å². The number of para-hydroxylation sites is 1. The van der Waals surface area contributed by atoms with Gasteiger partial charge in [0, 0.05) is 0 Å². The summed E-state index contributed by atoms with van der Waals surface area (Å²) in [6.45, 7) is 1.76. The first-order valence-electron chi connectivity index (χ1n) is 6.38. The van der Waals surface area contributed by atoms with Crippen LogP contribution in [0.25, 0.3) is 5.83 Å². The molecule has 0 spiro atoms. The molecule has 0 saturated heterocycles. The molecule has 22 heavy (non-hydrogen) atoms. The molecule has 0 unspecified atom stereocenters. The van der Waals surface area contributed by atoms with Gasteiger partial charge in [-0.2, -0.15) is 4.39 Å². The van der Waals surface area contributed by atoms with E-state index in [1.807, 2.05) is 0 Å². The second kappa shape index (κ2) is 6.27. The van der Waals surface area contributed by atoms with Gasteiger partial charge in [-0.05, 0) is 31.2 Å². The molecular formula is C16H14F2O3S. The molecule has 0 aliphatic carbocycles. The van der Waals surface area contributed by atoms with E-state index in [9.17, 15) is 17.2 Å². The van der Waals surface area contributed by atoms with E-state index in [1.54, 1.807) is 13.0 Å². The Labute approximate surface area is 127 Å². The Morgan fingerprint density at radius 3 is 2.18 bits per heavy atom. The summed E-state index contributed by atoms with van der Waals surface area (Å²) in [6, 6.07) is 11.2. The van der Waals surface area contributed by atoms with Crippen molar-refractivity contribution >= 4 is 15.7 Å². The largest absolute Gasteiger partial charge is 0.496 e. The van der Waals surface area contributed by atoms with Crippen LogP contribution in [0, 0.1) is 6.92 Å². The summed E-state index contributed by atoms with van der Waals surface area (Å²) < 4.78 is 57.7. The minimum Gasteiger partial charge on any atom is -0.496 e. The minimum atomic E-state index is -4.55. The lowest BCUT2D eigenvalue weighted by molar-refractivity contribution is 0.412. The van der Waals surface area contributed by atoms with Gasteiger partial charge in [0.15, 0.2) is 5.83 Å². The molecule has 0 radical (unpaired) electrons. The van der Waals surface area contributed by atoms with Crippen molar-refractivity contribution in [3.8, 4) is 5.75 Å². The maximum Gasteiger partial charge on any atom is 0.255 e. The van der Waals surface area contributed by atoms with Gasteiger partial charge in [-0.3, -0.25) is 0 Å². The molecule has 6 heteroatoms. The molecule has 0 fully saturated rings. The zero-order valence-corrected chi connectivity index (χ0v) is 12.8. The summed E-state index contributed by atoms with van der Waals surface area (Å²) in [5, 5.41) is -1.83. The molecular weight excluding hydrogens is 310 g/mol. The predicted octanol–water partition coefficient (Wildman–Crippen LogP) is 4.04. The third-order valence-corrected chi connectivity index (χ3v) is 4.63. The van der Waals surface area contributed by atoms with Gasteiger partial charge in [0.2, 0.25) is 9.84 Å². The van der Waals surface area contributed by atoms with Crippen LogP contribution in [0.3, 0.4) is 0 Å². The molecule has 0 aliphatic heterocycles. The van der Waals surface area contributed by atoms with Crippen LogP contribution in [0.2, 0.25) is 0 Å². The third-order valence-electron chi connectivity index (χ3n) is 3.08. The molecule has 0 N–H and O–H groups in total. The molecule has 0 saturated carbocycles. The molecule has 2 aromatic rings. The normalized spacial score (nSPS) is 12.7. The number of aryl methyl sites for hydroxylation is 1. The van der Waals surface area contributed by atoms with Crippen molar-refractivity contribution in [2.45, 2.75) is 11.8 Å². The van der Waals surface area contributed by atoms with E-state index in [2.05, 4.69) is 0 Å². The fourth-order valence-corrected chi connectivity index (χ4v) is 2.92. The number of benzene rings is 2. The van der Waals surface area contributed by atoms with Gasteiger partial charge in [0.05, 0.1) is 17.6 Å². The van der Waals surface area contributed by atoms with Gasteiger partial charge in [-0.15, -0.1) is 0 Å². The van der Waals surface area contributed by atoms with Crippen LogP contribution in [0.5, 0.6) is 5.75 Å². The van der Waals surface area contributed by atoms with Crippen molar-refractivity contribution in [1.82, 2.24) is 0 Å². The first-order valence-corrected chi connectivity index (χ1v) is 7.86. The summed E-state index contributed by atoms with van der Waals surface area (Å²) in [6.07, 6.45) is 0. The maximum atomic E-state index is 14.3. The Bertz CT molecular complexity index is 810. The fraction of sp³-hybridized carbons (Fsp3) is 0.125. The van der Waals surface area contributed by atoms with Crippen LogP contribution < -0.4 is 4.74 Å². The highest BCUT2D eigenvalue weighted by atomic mass is 32.2. The van der Waals surface area contributed by atoms with E-state index in [0.29, 0.717) is 0 Å². The van der Waals surface area contributed by atoms with Crippen molar-refractivity contribution in [3.63, 3.8) is 0 Å². The monoisotopic (exact) mass is 324 g/mol. The van der Waals surface area contributed by atoms with Crippen LogP contribution in [-0.4, -0.2) is 15.5 Å². The lowest BCUT2D eigenvalue weighted by Gasteiger charge is -2.08. The topological polar surface area (TPSA) is 43.4 Å². The maximum absolute atomic E-state index is 14.3. The number of sulfone groups is 1. The summed E-state index contributed by atoms with van der Waals surface area (Å²) in [4.78, 5) is -0.305. The molecule has 0 aliphatic rings. The van der Waals surface area contributed by atoms with Gasteiger partial charge in [0.1, 0.15) is 5.75 Å². The molecule has 0 atom stereocenters. The van der Waals surface area contributed by atoms with Crippen LogP contribution in [0.1, 0.15) is 11.1 Å². The third kappa shape index (κ3) is 3.01. The summed E-state index contributed by atoms with van der Waals surface area (Å²) in [5.41, 5.74) is 0.562. The first-order chi connectivity index (χ1) is 10.4. The Hall–Kier alpha value is -2.21. The fourth-order valence-electron chi connectivity index (χ4n) is 1.87. The van der Waals surface area contributed by atoms with Crippen molar-refractivity contribution in [1.29, 1.82) is 0 Å². The van der Waals surface area contributed by atoms with Gasteiger partial charge < -0.3 is 4.74 Å². The Morgan fingerprint density at radius 2 is 1.59 bits per heavy atom. The molecule has 0 heterocycles. The van der Waals surface area contributed by atoms with Gasteiger partial charge >= 0.3 is 0 Å². The van der Waals surface area contributed by atoms with E-state index in [4.69, 9.17) is 4.74 Å². The highest BCUT2D eigenvalue weighted by molar-refractivity contribution is 7.95. The van der Waals surface area contributed by atoms with Crippen LogP contribution in [0.15, 0.2) is 58.6 Å². The van der Waals surface area contributed by atoms with Crippen LogP contribution >= 0.6 is 0 Å². The second-order valence-electron chi connectivity index (χ2n) is 4.60. The zero-order valence-electron chi connectivity index (χ0n) is 12.0. The summed E-state index contributed by atoms with van der Waals surface area (Å²) in [5.74, 6) is -1.42. The van der Waals surface area contributed by atoms with Crippen LogP contribution in [0.4, 0.5) is 8.78 Å². The molecule has 0 aromatic heterocycles. The van der Waals surface area contributed by atoms with E-state index in [0.717, 1.165) is 5.56 Å². The number of hydrogen-bond donors (Lipinski definition) is 0. The lowest BCUT2D eigenvalue weighted by atomic mass is 10.2. The van der Waals surface area contributed by atoms with Gasteiger partial charge in [0.25, 0.3) is 5.16 Å². The molecule has 0 amide bonds. The van der Waals surface area contributed by atoms with E-state index < -0.39 is 20.8 Å². The molecule has 3 nitrogen and oxygen atoms in total. The van der Waals surface area contributed by atoms with E-state index in [1.165, 1.54) is 49.6 Å². The number of halogens is 2. The second-order valence-corrected chi connectivity index (χ2v) is 6.44. The van der Waals surface area contributed by atoms with Crippen molar-refractivity contribution in [2.24, 2.45) is 0 Å². The summed E-state index contributed by atoms with van der Waals surface area (Å²) in [7, 11) is -3.26. The molecule has 116 valence electrons. The Balaban J connectivity index is 2.56. The van der Waals surface area contributed by atoms with Crippen molar-refractivity contribution in [2.75, 3.05) is 7.11 Å². The molecule has 2 rings (SSSR count). The van der Waals surface area contributed by atoms with Crippen molar-refractivity contribution in [3.05, 3.63) is 64.8 Å². The Morgan fingerprint density at radius 1 is 1.00 bits per heavy atom. The average molecular weight is 324 g/mol. The number of hydrogen-bond acceptors (Lipinski definition) is 3. The smallest absolute Gasteiger partial charge is 0.255 e. The van der Waals surface area contributed by atoms with E-state index >= 15 is 0 Å². The standard InChI is InChI=1S/C16H14F2O3S/c1-11-7-9-12(10-8-11)22(19,20)16(18)15(17)13-5-3-4-6-14(13)21-2/h3-10H,1-2H3/b16-15-. The SMILES string of the molecule is COc1ccccc1/C(F)=C(\F)S(=O)(=O)c1ccc(C)cc1. The number of ether oxygens (including phenoxy) is 1. The lowest BCUT2D eigenvalue weighted by Crippen LogP contribution is -2.03. The quantitative estimate of drug-likeness (QED) is 0.852. The predicted molar refractivity (Wildman–Crippen MR) is 80.5 cm³/mol. The Kier molecular flexibility index (Phi) is 4.61. The zero-order chi connectivity index (χ0) is 16.3.